The molecule has 25 heavy (non-hydrogen) atoms. The summed E-state index contributed by atoms with van der Waals surface area (Å²) in [5, 5.41) is -0.784. The number of benzene rings is 1. The molecule has 1 saturated heterocycles. The number of furan rings is 1. The maximum Gasteiger partial charge on any atom is 0.243 e. The average Bonchev–Trinajstić information content (AvgIpc) is 3.17. The van der Waals surface area contributed by atoms with Crippen LogP contribution in [0.15, 0.2) is 45.9 Å². The Kier molecular flexibility index (Phi) is 4.74. The molecular weight excluding hydrogens is 369 g/mol. The summed E-state index contributed by atoms with van der Waals surface area (Å²) in [5.41, 5.74) is 0.293. The molecule has 2 aromatic rings. The van der Waals surface area contributed by atoms with Crippen molar-refractivity contribution in [2.75, 3.05) is 13.1 Å². The predicted molar refractivity (Wildman–Crippen MR) is 89.6 cm³/mol. The molecular formula is C16H18FNO5S2. The van der Waals surface area contributed by atoms with Crippen molar-refractivity contribution in [3.63, 3.8) is 0 Å². The molecule has 0 saturated carbocycles. The molecule has 9 heteroatoms. The lowest BCUT2D eigenvalue weighted by molar-refractivity contribution is 0.475. The highest BCUT2D eigenvalue weighted by Crippen LogP contribution is 2.28. The molecule has 1 aliphatic heterocycles. The minimum absolute atomic E-state index is 0.00187. The van der Waals surface area contributed by atoms with E-state index in [1.54, 1.807) is 12.1 Å². The molecule has 3 rings (SSSR count). The zero-order valence-corrected chi connectivity index (χ0v) is 15.2. The Hall–Kier alpha value is -1.71. The summed E-state index contributed by atoms with van der Waals surface area (Å²) in [6.45, 7) is 1.51. The van der Waals surface area contributed by atoms with Crippen LogP contribution in [-0.4, -0.2) is 39.5 Å². The van der Waals surface area contributed by atoms with Crippen LogP contribution in [0.3, 0.4) is 0 Å². The van der Waals surface area contributed by atoms with Crippen molar-refractivity contribution in [2.45, 2.75) is 29.2 Å². The second-order valence-corrected chi connectivity index (χ2v) is 10.3. The van der Waals surface area contributed by atoms with Gasteiger partial charge < -0.3 is 4.42 Å². The topological polar surface area (TPSA) is 84.7 Å². The summed E-state index contributed by atoms with van der Waals surface area (Å²) in [6.07, 6.45) is 1.62. The summed E-state index contributed by atoms with van der Waals surface area (Å²) < 4.78 is 69.9. The van der Waals surface area contributed by atoms with Crippen LogP contribution >= 0.6 is 0 Å². The Balaban J connectivity index is 1.80. The molecule has 0 amide bonds. The van der Waals surface area contributed by atoms with E-state index in [0.29, 0.717) is 11.3 Å². The van der Waals surface area contributed by atoms with Crippen LogP contribution < -0.4 is 0 Å². The monoisotopic (exact) mass is 387 g/mol. The number of aryl methyl sites for hydroxylation is 1. The maximum absolute atomic E-state index is 13.2. The van der Waals surface area contributed by atoms with Gasteiger partial charge in [0, 0.05) is 13.1 Å². The number of nitrogens with zero attached hydrogens (tertiary/aromatic N) is 1. The van der Waals surface area contributed by atoms with Crippen molar-refractivity contribution in [3.8, 4) is 0 Å². The Morgan fingerprint density at radius 2 is 2.00 bits per heavy atom. The predicted octanol–water partition coefficient (Wildman–Crippen LogP) is 2.11. The first-order valence-corrected chi connectivity index (χ1v) is 10.9. The van der Waals surface area contributed by atoms with Crippen molar-refractivity contribution in [3.05, 3.63) is 53.7 Å². The molecule has 1 aromatic carbocycles. The van der Waals surface area contributed by atoms with E-state index in [1.165, 1.54) is 19.3 Å². The van der Waals surface area contributed by atoms with Crippen LogP contribution in [-0.2, 0) is 25.6 Å². The lowest BCUT2D eigenvalue weighted by Crippen LogP contribution is -2.32. The average molecular weight is 387 g/mol. The van der Waals surface area contributed by atoms with E-state index >= 15 is 0 Å². The third-order valence-corrected chi connectivity index (χ3v) is 8.41. The van der Waals surface area contributed by atoms with Gasteiger partial charge in [-0.3, -0.25) is 0 Å². The van der Waals surface area contributed by atoms with E-state index < -0.39 is 30.9 Å². The standard InChI is InChI=1S/C16H18FNO5S2/c1-12-9-13(17)4-5-16(12)25(21,22)18-7-6-15(10-18)24(19,20)11-14-3-2-8-23-14/h2-5,8-9,15H,6-7,10-11H2,1H3/t15-/m1/s1. The lowest BCUT2D eigenvalue weighted by atomic mass is 10.2. The fourth-order valence-corrected chi connectivity index (χ4v) is 6.43. The van der Waals surface area contributed by atoms with Crippen LogP contribution in [0.1, 0.15) is 17.7 Å². The minimum Gasteiger partial charge on any atom is -0.468 e. The van der Waals surface area contributed by atoms with Crippen molar-refractivity contribution in [2.24, 2.45) is 0 Å². The molecule has 2 heterocycles. The number of sulfone groups is 1. The minimum atomic E-state index is -3.86. The molecule has 0 radical (unpaired) electrons. The molecule has 6 nitrogen and oxygen atoms in total. The van der Waals surface area contributed by atoms with Gasteiger partial charge in [0.05, 0.1) is 16.4 Å². The fourth-order valence-electron chi connectivity index (χ4n) is 2.96. The zero-order chi connectivity index (χ0) is 18.2. The summed E-state index contributed by atoms with van der Waals surface area (Å²) in [4.78, 5) is -0.00187. The number of hydrogen-bond acceptors (Lipinski definition) is 5. The molecule has 1 aliphatic rings. The first kappa shape index (κ1) is 18.1. The third kappa shape index (κ3) is 3.63. The highest BCUT2D eigenvalue weighted by atomic mass is 32.2. The van der Waals surface area contributed by atoms with Crippen LogP contribution in [0.2, 0.25) is 0 Å². The third-order valence-electron chi connectivity index (χ3n) is 4.29. The quantitative estimate of drug-likeness (QED) is 0.784. The van der Waals surface area contributed by atoms with Gasteiger partial charge in [0.2, 0.25) is 10.0 Å². The maximum atomic E-state index is 13.2. The second kappa shape index (κ2) is 6.54. The largest absolute Gasteiger partial charge is 0.468 e. The number of sulfonamides is 1. The van der Waals surface area contributed by atoms with Crippen LogP contribution in [0.4, 0.5) is 4.39 Å². The zero-order valence-electron chi connectivity index (χ0n) is 13.6. The molecule has 0 spiro atoms. The van der Waals surface area contributed by atoms with E-state index in [-0.39, 0.29) is 30.2 Å². The fraction of sp³-hybridized carbons (Fsp3) is 0.375. The van der Waals surface area contributed by atoms with E-state index in [9.17, 15) is 21.2 Å². The van der Waals surface area contributed by atoms with Crippen molar-refractivity contribution < 1.29 is 25.6 Å². The Bertz CT molecular complexity index is 968. The Labute approximate surface area is 146 Å². The van der Waals surface area contributed by atoms with Crippen LogP contribution in [0, 0.1) is 12.7 Å². The van der Waals surface area contributed by atoms with Gasteiger partial charge in [0.15, 0.2) is 9.84 Å². The molecule has 136 valence electrons. The summed E-state index contributed by atoms with van der Waals surface area (Å²) in [7, 11) is -7.40. The van der Waals surface area contributed by atoms with Gasteiger partial charge in [-0.05, 0) is 49.2 Å². The van der Waals surface area contributed by atoms with Gasteiger partial charge in [0.1, 0.15) is 17.3 Å². The molecule has 0 unspecified atom stereocenters. The smallest absolute Gasteiger partial charge is 0.243 e. The number of rotatable bonds is 5. The first-order valence-electron chi connectivity index (χ1n) is 7.70. The molecule has 1 fully saturated rings. The molecule has 1 atom stereocenters. The van der Waals surface area contributed by atoms with E-state index in [4.69, 9.17) is 4.42 Å². The molecule has 0 aliphatic carbocycles. The van der Waals surface area contributed by atoms with E-state index in [0.717, 1.165) is 16.4 Å². The normalized spacial score (nSPS) is 19.4. The highest BCUT2D eigenvalue weighted by Gasteiger charge is 2.39. The van der Waals surface area contributed by atoms with Gasteiger partial charge in [-0.15, -0.1) is 0 Å². The number of halogens is 1. The van der Waals surface area contributed by atoms with Gasteiger partial charge >= 0.3 is 0 Å². The van der Waals surface area contributed by atoms with Crippen molar-refractivity contribution in [1.82, 2.24) is 4.31 Å². The van der Waals surface area contributed by atoms with E-state index in [2.05, 4.69) is 0 Å². The molecule has 0 bridgehead atoms. The molecule has 1 aromatic heterocycles. The van der Waals surface area contributed by atoms with Gasteiger partial charge in [-0.1, -0.05) is 0 Å². The van der Waals surface area contributed by atoms with Gasteiger partial charge in [-0.25, -0.2) is 21.2 Å². The molecule has 0 N–H and O–H groups in total. The lowest BCUT2D eigenvalue weighted by Gasteiger charge is -2.18. The van der Waals surface area contributed by atoms with Gasteiger partial charge in [0.25, 0.3) is 0 Å². The van der Waals surface area contributed by atoms with Crippen LogP contribution in [0.25, 0.3) is 0 Å². The Morgan fingerprint density at radius 1 is 1.24 bits per heavy atom. The first-order chi connectivity index (χ1) is 11.7. The Morgan fingerprint density at radius 3 is 2.64 bits per heavy atom. The van der Waals surface area contributed by atoms with Gasteiger partial charge in [-0.2, -0.15) is 4.31 Å². The van der Waals surface area contributed by atoms with Crippen LogP contribution in [0.5, 0.6) is 0 Å². The number of hydrogen-bond donors (Lipinski definition) is 0. The van der Waals surface area contributed by atoms with Crippen molar-refractivity contribution in [1.29, 1.82) is 0 Å². The summed E-state index contributed by atoms with van der Waals surface area (Å²) in [5.74, 6) is -0.443. The summed E-state index contributed by atoms with van der Waals surface area (Å²) in [6, 6.07) is 6.62. The summed E-state index contributed by atoms with van der Waals surface area (Å²) >= 11 is 0. The van der Waals surface area contributed by atoms with E-state index in [1.807, 2.05) is 0 Å². The van der Waals surface area contributed by atoms with Crippen molar-refractivity contribution >= 4 is 19.9 Å². The second-order valence-electron chi connectivity index (χ2n) is 6.07. The highest BCUT2D eigenvalue weighted by molar-refractivity contribution is 7.91. The SMILES string of the molecule is Cc1cc(F)ccc1S(=O)(=O)N1CC[C@@H](S(=O)(=O)Cc2ccco2)C1.